The van der Waals surface area contributed by atoms with Gasteiger partial charge < -0.3 is 0 Å². The highest BCUT2D eigenvalue weighted by molar-refractivity contribution is 9.10. The second-order valence-electron chi connectivity index (χ2n) is 4.53. The highest BCUT2D eigenvalue weighted by Gasteiger charge is 2.75. The fourth-order valence-corrected chi connectivity index (χ4v) is 2.32. The average molecular weight is 422 g/mol. The van der Waals surface area contributed by atoms with Crippen LogP contribution in [-0.2, 0) is 12.1 Å². The van der Waals surface area contributed by atoms with Gasteiger partial charge in [-0.1, -0.05) is 0 Å². The third kappa shape index (κ3) is 3.89. The zero-order valence-electron chi connectivity index (χ0n) is 10.9. The number of aryl methyl sites for hydroxylation is 1. The van der Waals surface area contributed by atoms with Gasteiger partial charge in [-0.25, -0.2) is 9.37 Å². The molecule has 0 aliphatic heterocycles. The van der Waals surface area contributed by atoms with Gasteiger partial charge in [0.05, 0.1) is 6.42 Å². The number of rotatable bonds is 2. The Hall–Kier alpha value is -1.07. The minimum atomic E-state index is -6.55. The van der Waals surface area contributed by atoms with Gasteiger partial charge in [0.25, 0.3) is 0 Å². The Morgan fingerprint density at radius 2 is 1.35 bits per heavy atom. The van der Waals surface area contributed by atoms with Gasteiger partial charge in [0.1, 0.15) is 10.3 Å². The molecule has 0 radical (unpaired) electrons. The summed E-state index contributed by atoms with van der Waals surface area (Å²) in [5.41, 5.74) is -10.5. The lowest BCUT2D eigenvalue weighted by Crippen LogP contribution is -2.51. The summed E-state index contributed by atoms with van der Waals surface area (Å²) < 4.78 is 127. The molecule has 1 aromatic heterocycles. The molecule has 0 N–H and O–H groups in total. The fraction of sp³-hybridized carbons (Fsp3) is 0.545. The lowest BCUT2D eigenvalue weighted by Gasteiger charge is -2.31. The molecule has 0 bridgehead atoms. The second kappa shape index (κ2) is 5.78. The minimum Gasteiger partial charge on any atom is -0.241 e. The number of pyridine rings is 1. The van der Waals surface area contributed by atoms with E-state index in [4.69, 9.17) is 0 Å². The molecule has 0 aliphatic rings. The molecule has 1 heterocycles. The van der Waals surface area contributed by atoms with Crippen molar-refractivity contribution in [1.29, 1.82) is 0 Å². The molecule has 1 rings (SSSR count). The number of hydrogen-bond donors (Lipinski definition) is 0. The molecular weight excluding hydrogens is 416 g/mol. The van der Waals surface area contributed by atoms with Crippen molar-refractivity contribution in [1.82, 2.24) is 4.98 Å². The van der Waals surface area contributed by atoms with E-state index in [9.17, 15) is 43.9 Å². The second-order valence-corrected chi connectivity index (χ2v) is 5.35. The molecule has 0 atom stereocenters. The van der Waals surface area contributed by atoms with Crippen LogP contribution in [0.5, 0.6) is 0 Å². The molecule has 0 unspecified atom stereocenters. The van der Waals surface area contributed by atoms with E-state index in [1.165, 1.54) is 0 Å². The van der Waals surface area contributed by atoms with Crippen molar-refractivity contribution in [3.63, 3.8) is 0 Å². The monoisotopic (exact) mass is 421 g/mol. The SMILES string of the molecule is Cc1cc(Br)nc(C(F)(C(F)(F)F)C(F)(F)F)c1CC(F)(F)F. The predicted octanol–water partition coefficient (Wildman–Crippen LogP) is 5.55. The molecule has 0 spiro atoms. The van der Waals surface area contributed by atoms with Gasteiger partial charge in [0.15, 0.2) is 0 Å². The summed E-state index contributed by atoms with van der Waals surface area (Å²) in [7, 11) is 0. The van der Waals surface area contributed by atoms with Gasteiger partial charge in [0, 0.05) is 0 Å². The van der Waals surface area contributed by atoms with Crippen LogP contribution in [0.1, 0.15) is 16.8 Å². The molecule has 12 heteroatoms. The zero-order valence-corrected chi connectivity index (χ0v) is 12.5. The van der Waals surface area contributed by atoms with Gasteiger partial charge in [-0.15, -0.1) is 0 Å². The van der Waals surface area contributed by atoms with E-state index < -0.39 is 52.0 Å². The van der Waals surface area contributed by atoms with Crippen molar-refractivity contribution in [3.8, 4) is 0 Å². The maximum Gasteiger partial charge on any atom is 0.437 e. The number of hydrogen-bond acceptors (Lipinski definition) is 1. The Labute approximate surface area is 130 Å². The molecular formula is C11H6BrF10N. The highest BCUT2D eigenvalue weighted by atomic mass is 79.9. The predicted molar refractivity (Wildman–Crippen MR) is 61.3 cm³/mol. The number of aromatic nitrogens is 1. The number of nitrogens with zero attached hydrogens (tertiary/aromatic N) is 1. The van der Waals surface area contributed by atoms with Crippen LogP contribution in [0.4, 0.5) is 43.9 Å². The van der Waals surface area contributed by atoms with E-state index in [-0.39, 0.29) is 0 Å². The normalized spacial score (nSPS) is 14.3. The molecule has 0 saturated heterocycles. The quantitative estimate of drug-likeness (QED) is 0.450. The zero-order chi connectivity index (χ0) is 18.4. The van der Waals surface area contributed by atoms with Gasteiger partial charge >= 0.3 is 24.2 Å². The van der Waals surface area contributed by atoms with Gasteiger partial charge in [-0.3, -0.25) is 0 Å². The van der Waals surface area contributed by atoms with Crippen LogP contribution in [-0.4, -0.2) is 23.5 Å². The lowest BCUT2D eigenvalue weighted by molar-refractivity contribution is -0.350. The first-order valence-electron chi connectivity index (χ1n) is 5.56. The summed E-state index contributed by atoms with van der Waals surface area (Å²) in [5.74, 6) is 0. The first-order valence-corrected chi connectivity index (χ1v) is 6.35. The minimum absolute atomic E-state index is 0.616. The molecule has 1 nitrogen and oxygen atoms in total. The smallest absolute Gasteiger partial charge is 0.241 e. The van der Waals surface area contributed by atoms with E-state index in [1.807, 2.05) is 0 Å². The topological polar surface area (TPSA) is 12.9 Å². The Balaban J connectivity index is 3.80. The molecule has 0 fully saturated rings. The van der Waals surface area contributed by atoms with Crippen LogP contribution in [0, 0.1) is 6.92 Å². The van der Waals surface area contributed by atoms with Crippen molar-refractivity contribution < 1.29 is 43.9 Å². The average Bonchev–Trinajstić information content (AvgIpc) is 2.26. The first-order chi connectivity index (χ1) is 10.0. The maximum atomic E-state index is 14.0. The largest absolute Gasteiger partial charge is 0.437 e. The molecule has 1 aromatic rings. The summed E-state index contributed by atoms with van der Waals surface area (Å²) in [6, 6.07) is 0.762. The van der Waals surface area contributed by atoms with Crippen LogP contribution in [0.3, 0.4) is 0 Å². The Kier molecular flexibility index (Phi) is 5.02. The van der Waals surface area contributed by atoms with Crippen LogP contribution >= 0.6 is 15.9 Å². The van der Waals surface area contributed by atoms with Gasteiger partial charge in [-0.2, -0.15) is 39.5 Å². The van der Waals surface area contributed by atoms with Crippen molar-refractivity contribution in [2.24, 2.45) is 0 Å². The van der Waals surface area contributed by atoms with Crippen molar-refractivity contribution >= 4 is 15.9 Å². The van der Waals surface area contributed by atoms with Crippen molar-refractivity contribution in [2.45, 2.75) is 37.5 Å². The van der Waals surface area contributed by atoms with Crippen molar-refractivity contribution in [2.75, 3.05) is 0 Å². The highest BCUT2D eigenvalue weighted by Crippen LogP contribution is 2.54. The number of halogens is 11. The summed E-state index contributed by atoms with van der Waals surface area (Å²) in [5, 5.41) is 0. The Bertz CT molecular complexity index is 572. The van der Waals surface area contributed by atoms with E-state index in [1.54, 1.807) is 0 Å². The van der Waals surface area contributed by atoms with Gasteiger partial charge in [-0.05, 0) is 40.0 Å². The Morgan fingerprint density at radius 3 is 1.70 bits per heavy atom. The molecule has 0 aliphatic carbocycles. The molecule has 0 amide bonds. The molecule has 0 saturated carbocycles. The van der Waals surface area contributed by atoms with Crippen LogP contribution in [0.15, 0.2) is 10.7 Å². The molecule has 0 aromatic carbocycles. The van der Waals surface area contributed by atoms with Crippen LogP contribution < -0.4 is 0 Å². The molecule has 132 valence electrons. The summed E-state index contributed by atoms with van der Waals surface area (Å²) >= 11 is 2.46. The summed E-state index contributed by atoms with van der Waals surface area (Å²) in [4.78, 5) is 2.72. The van der Waals surface area contributed by atoms with Crippen LogP contribution in [0.25, 0.3) is 0 Å². The van der Waals surface area contributed by atoms with E-state index in [0.29, 0.717) is 0 Å². The van der Waals surface area contributed by atoms with E-state index in [0.717, 1.165) is 13.0 Å². The maximum absolute atomic E-state index is 14.0. The van der Waals surface area contributed by atoms with E-state index in [2.05, 4.69) is 20.9 Å². The van der Waals surface area contributed by atoms with Crippen molar-refractivity contribution in [3.05, 3.63) is 27.5 Å². The first kappa shape index (κ1) is 20.0. The van der Waals surface area contributed by atoms with Gasteiger partial charge in [0.2, 0.25) is 0 Å². The summed E-state index contributed by atoms with van der Waals surface area (Å²) in [6.07, 6.45) is -20.4. The third-order valence-electron chi connectivity index (χ3n) is 2.80. The van der Waals surface area contributed by atoms with Crippen LogP contribution in [0.2, 0.25) is 0 Å². The molecule has 23 heavy (non-hydrogen) atoms. The number of alkyl halides is 10. The fourth-order valence-electron chi connectivity index (χ4n) is 1.80. The Morgan fingerprint density at radius 1 is 0.913 bits per heavy atom. The standard InChI is InChI=1S/C11H6BrF10N/c1-4-2-6(12)23-7(5(4)3-8(13,14)15)9(16,10(17,18)19)11(20,21)22/h2H,3H2,1H3. The summed E-state index contributed by atoms with van der Waals surface area (Å²) in [6.45, 7) is 0.824. The van der Waals surface area contributed by atoms with E-state index >= 15 is 0 Å². The lowest BCUT2D eigenvalue weighted by atomic mass is 9.91. The third-order valence-corrected chi connectivity index (χ3v) is 3.21.